The summed E-state index contributed by atoms with van der Waals surface area (Å²) in [6.45, 7) is -8.64. The molecular formula is C48H80O40. The van der Waals surface area contributed by atoms with Crippen LogP contribution in [0, 0.1) is 0 Å². The van der Waals surface area contributed by atoms with Crippen LogP contribution in [0.25, 0.3) is 0 Å². The van der Waals surface area contributed by atoms with Gasteiger partial charge in [0.1, 0.15) is 195 Å². The van der Waals surface area contributed by atoms with Gasteiger partial charge in [0.05, 0.1) is 52.9 Å². The molecule has 16 bridgehead atoms. The van der Waals surface area contributed by atoms with Gasteiger partial charge in [-0.2, -0.15) is 0 Å². The lowest BCUT2D eigenvalue weighted by molar-refractivity contribution is -0.404. The Labute approximate surface area is 496 Å². The van der Waals surface area contributed by atoms with E-state index < -0.39 is 299 Å². The molecule has 24 N–H and O–H groups in total. The van der Waals surface area contributed by atoms with Crippen LogP contribution in [-0.2, 0) is 75.8 Å². The van der Waals surface area contributed by atoms with Crippen LogP contribution in [0.4, 0.5) is 0 Å². The molecule has 0 unspecified atom stereocenters. The van der Waals surface area contributed by atoms with Gasteiger partial charge in [-0.05, 0) is 0 Å². The molecule has 512 valence electrons. The highest BCUT2D eigenvalue weighted by Gasteiger charge is 2.60. The Kier molecular flexibility index (Phi) is 24.1. The fraction of sp³-hybridized carbons (Fsp3) is 1.00. The van der Waals surface area contributed by atoms with Gasteiger partial charge < -0.3 is 198 Å². The first-order chi connectivity index (χ1) is 41.9. The van der Waals surface area contributed by atoms with Crippen molar-refractivity contribution in [3.8, 4) is 0 Å². The van der Waals surface area contributed by atoms with E-state index in [1.165, 1.54) is 0 Å². The van der Waals surface area contributed by atoms with Crippen LogP contribution >= 0.6 is 0 Å². The van der Waals surface area contributed by atoms with E-state index in [0.29, 0.717) is 0 Å². The predicted octanol–water partition coefficient (Wildman–Crippen LogP) is -17.4. The summed E-state index contributed by atoms with van der Waals surface area (Å²) in [5.41, 5.74) is 0. The molecule has 0 aliphatic carbocycles. The summed E-state index contributed by atoms with van der Waals surface area (Å²) in [6, 6.07) is 0. The van der Waals surface area contributed by atoms with Gasteiger partial charge in [0.2, 0.25) is 0 Å². The normalized spacial score (nSPS) is 55.4. The fourth-order valence-corrected chi connectivity index (χ4v) is 11.9. The lowest BCUT2D eigenvalue weighted by Gasteiger charge is -2.50. The highest BCUT2D eigenvalue weighted by molar-refractivity contribution is 5.02. The molecule has 0 saturated carbocycles. The third-order valence-electron chi connectivity index (χ3n) is 16.9. The average molecular weight is 1300 g/mol. The molecule has 0 aromatic rings. The molecule has 0 aromatic carbocycles. The third kappa shape index (κ3) is 13.8. The van der Waals surface area contributed by atoms with Gasteiger partial charge in [-0.25, -0.2) is 0 Å². The molecule has 0 aromatic heterocycles. The number of ether oxygens (including phenoxy) is 16. The maximum atomic E-state index is 11.4. The summed E-state index contributed by atoms with van der Waals surface area (Å²) >= 11 is 0. The van der Waals surface area contributed by atoms with Crippen LogP contribution in [0.1, 0.15) is 0 Å². The van der Waals surface area contributed by atoms with Gasteiger partial charge in [0.25, 0.3) is 0 Å². The topological polar surface area (TPSA) is 633 Å². The molecule has 40 heteroatoms. The van der Waals surface area contributed by atoms with Gasteiger partial charge in [0.15, 0.2) is 50.3 Å². The van der Waals surface area contributed by atoms with Crippen molar-refractivity contribution in [3.05, 3.63) is 0 Å². The maximum Gasteiger partial charge on any atom is 0.187 e. The standard InChI is InChI=1S/C48H80O40/c49-1-9-33-17(57)25(65)41(73-9)82-34-10(2-50)75-43(27(67)19(34)59)84-36-12(4-52)77-45(29(69)21(36)61)86-38-14(6-54)79-47(31(71)23(38)63)88-40-16(8-56)80-48(32(72)24(40)64)87-39-15(7-55)78-46(30(70)22(39)62)85-37-13(5-53)76-44(28(68)20(37)60)83-35-11(3-51)74-42(81-33)26(66)18(35)58/h9-72H,1-8H2/t9-,10-,11-,12-,13-,14-,15-,16-,17-,18-,19-,20-,21+,22+,23+,24-,25-,26-,27-,28-,29-,30+,31+,32-,33-,34-,35-,36-,37-,38-,39-,40-,41-,42-,43-,44-,45-,46-,47-,48-/m1/s1. The Bertz CT molecular complexity index is 1700. The number of aliphatic hydroxyl groups is 24. The van der Waals surface area contributed by atoms with E-state index in [2.05, 4.69) is 0 Å². The van der Waals surface area contributed by atoms with Crippen LogP contribution in [-0.4, -0.2) is 421 Å². The number of aliphatic hydroxyl groups excluding tert-OH is 24. The highest BCUT2D eigenvalue weighted by atomic mass is 16.8. The average Bonchev–Trinajstić information content (AvgIpc) is 1.09. The molecule has 30 saturated heterocycles. The van der Waals surface area contributed by atoms with Crippen molar-refractivity contribution in [1.29, 1.82) is 0 Å². The number of hydrogen-bond acceptors (Lipinski definition) is 40. The van der Waals surface area contributed by atoms with Crippen LogP contribution in [0.15, 0.2) is 0 Å². The summed E-state index contributed by atoms with van der Waals surface area (Å²) in [6.07, 6.45) is -82.0. The second-order valence-electron chi connectivity index (χ2n) is 22.5. The van der Waals surface area contributed by atoms with Crippen LogP contribution < -0.4 is 0 Å². The molecule has 40 nitrogen and oxygen atoms in total. The Hall–Kier alpha value is -1.60. The van der Waals surface area contributed by atoms with E-state index in [0.717, 1.165) is 0 Å². The van der Waals surface area contributed by atoms with E-state index in [4.69, 9.17) is 75.8 Å². The van der Waals surface area contributed by atoms with E-state index in [1.54, 1.807) is 0 Å². The van der Waals surface area contributed by atoms with Gasteiger partial charge in [-0.15, -0.1) is 0 Å². The SMILES string of the molecule is OC[C@H]1O[C@@H]2O[C@H]3[C@H](O)[C@@H](O)[C@@H](O[C@H]4[C@H](O)[C@@H](O)[C@@H](O[C@H]5[C@H](O)[C@@H](O)[C@@H](O[C@H]6[C@@H](O)[C@@H](O)[C@@H](O[C@H]7[C@@H](O)[C@H](O)[C@@H](O[C@H]8[C@H](O)[C@@H](O)[C@@H](O[C@H]9[C@@H](O)[C@H](O)[C@@H](O[C@H]1[C@H](O)[C@H]2O)O[C@@H]9CO)O[C@@H]8CO)O[C@@H]7CO)O[C@@H]6CO)O[C@@H]5CO)O[C@@H]4CO)O[C@@H]3CO. The van der Waals surface area contributed by atoms with Crippen molar-refractivity contribution in [1.82, 2.24) is 0 Å². The molecule has 88 heavy (non-hydrogen) atoms. The second kappa shape index (κ2) is 30.0. The molecular weight excluding hydrogens is 1220 g/mol. The molecule has 30 rings (SSSR count). The van der Waals surface area contributed by atoms with Crippen LogP contribution in [0.3, 0.4) is 0 Å². The summed E-state index contributed by atoms with van der Waals surface area (Å²) < 4.78 is 91.1. The van der Waals surface area contributed by atoms with Gasteiger partial charge in [-0.1, -0.05) is 0 Å². The molecule has 0 spiro atoms. The first kappa shape index (κ1) is 70.7. The van der Waals surface area contributed by atoms with E-state index in [-0.39, 0.29) is 0 Å². The number of rotatable bonds is 8. The molecule has 30 heterocycles. The smallest absolute Gasteiger partial charge is 0.187 e. The Morgan fingerprint density at radius 2 is 0.227 bits per heavy atom. The summed E-state index contributed by atoms with van der Waals surface area (Å²) in [5, 5.41) is 265. The first-order valence-electron chi connectivity index (χ1n) is 28.1. The lowest BCUT2D eigenvalue weighted by atomic mass is 9.94. The zero-order valence-electron chi connectivity index (χ0n) is 46.0. The monoisotopic (exact) mass is 1300 g/mol. The molecule has 30 aliphatic rings. The fourth-order valence-electron chi connectivity index (χ4n) is 11.9. The van der Waals surface area contributed by atoms with Crippen molar-refractivity contribution in [2.45, 2.75) is 246 Å². The quantitative estimate of drug-likeness (QED) is 0.107. The van der Waals surface area contributed by atoms with Crippen molar-refractivity contribution >= 4 is 0 Å². The molecule has 0 amide bonds. The Balaban J connectivity index is 0.975. The van der Waals surface area contributed by atoms with E-state index in [1.807, 2.05) is 0 Å². The number of hydrogen-bond donors (Lipinski definition) is 24. The van der Waals surface area contributed by atoms with E-state index in [9.17, 15) is 123 Å². The summed E-state index contributed by atoms with van der Waals surface area (Å²) in [7, 11) is 0. The summed E-state index contributed by atoms with van der Waals surface area (Å²) in [4.78, 5) is 0. The van der Waals surface area contributed by atoms with Crippen molar-refractivity contribution in [2.24, 2.45) is 0 Å². The lowest BCUT2D eigenvalue weighted by Crippen LogP contribution is -2.69. The minimum Gasteiger partial charge on any atom is -0.394 e. The zero-order chi connectivity index (χ0) is 64.1. The van der Waals surface area contributed by atoms with Crippen LogP contribution in [0.2, 0.25) is 0 Å². The van der Waals surface area contributed by atoms with Gasteiger partial charge in [0, 0.05) is 0 Å². The summed E-state index contributed by atoms with van der Waals surface area (Å²) in [5.74, 6) is 0. The van der Waals surface area contributed by atoms with E-state index >= 15 is 0 Å². The minimum absolute atomic E-state index is 1.08. The van der Waals surface area contributed by atoms with Crippen molar-refractivity contribution in [2.75, 3.05) is 52.9 Å². The molecule has 0 radical (unpaired) electrons. The van der Waals surface area contributed by atoms with Gasteiger partial charge in [-0.3, -0.25) is 0 Å². The largest absolute Gasteiger partial charge is 0.394 e. The Morgan fingerprint density at radius 3 is 0.307 bits per heavy atom. The first-order valence-corrected chi connectivity index (χ1v) is 28.1. The minimum atomic E-state index is -2.25. The second-order valence-corrected chi connectivity index (χ2v) is 22.5. The van der Waals surface area contributed by atoms with Gasteiger partial charge >= 0.3 is 0 Å². The maximum absolute atomic E-state index is 11.4. The molecule has 30 fully saturated rings. The van der Waals surface area contributed by atoms with Crippen molar-refractivity contribution in [3.63, 3.8) is 0 Å². The zero-order valence-corrected chi connectivity index (χ0v) is 46.0. The van der Waals surface area contributed by atoms with Crippen LogP contribution in [0.5, 0.6) is 0 Å². The molecule has 40 atom stereocenters. The third-order valence-corrected chi connectivity index (χ3v) is 16.9. The van der Waals surface area contributed by atoms with Crippen molar-refractivity contribution < 1.29 is 198 Å². The Morgan fingerprint density at radius 1 is 0.136 bits per heavy atom. The molecule has 30 aliphatic heterocycles. The predicted molar refractivity (Wildman–Crippen MR) is 261 cm³/mol. The highest BCUT2D eigenvalue weighted by Crippen LogP contribution is 2.40.